The van der Waals surface area contributed by atoms with Gasteiger partial charge in [-0.3, -0.25) is 9.69 Å². The number of imide groups is 1. The lowest BCUT2D eigenvalue weighted by Crippen LogP contribution is -2.33. The zero-order chi connectivity index (χ0) is 18.0. The summed E-state index contributed by atoms with van der Waals surface area (Å²) in [7, 11) is 0. The molecular weight excluding hydrogens is 326 g/mol. The van der Waals surface area contributed by atoms with Crippen molar-refractivity contribution in [3.8, 4) is 5.69 Å². The zero-order valence-electron chi connectivity index (χ0n) is 13.0. The Balaban J connectivity index is 1.95. The summed E-state index contributed by atoms with van der Waals surface area (Å²) in [6, 6.07) is 9.25. The van der Waals surface area contributed by atoms with Crippen LogP contribution in [0.15, 0.2) is 48.3 Å². The summed E-state index contributed by atoms with van der Waals surface area (Å²) in [5.41, 5.74) is 1.44. The third-order valence-corrected chi connectivity index (χ3v) is 3.73. The Morgan fingerprint density at radius 2 is 2.00 bits per heavy atom. The number of carboxylic acids is 1. The summed E-state index contributed by atoms with van der Waals surface area (Å²) in [5.74, 6) is -1.56. The summed E-state index contributed by atoms with van der Waals surface area (Å²) in [6.07, 6.45) is 3.23. The highest BCUT2D eigenvalue weighted by atomic mass is 16.4. The van der Waals surface area contributed by atoms with Gasteiger partial charge in [-0.05, 0) is 36.4 Å². The highest BCUT2D eigenvalue weighted by Crippen LogP contribution is 2.19. The van der Waals surface area contributed by atoms with Crippen LogP contribution < -0.4 is 5.32 Å². The Morgan fingerprint density at radius 1 is 1.20 bits per heavy atom. The molecule has 3 rings (SSSR count). The molecule has 0 atom stereocenters. The van der Waals surface area contributed by atoms with E-state index in [0.717, 1.165) is 4.90 Å². The molecule has 25 heavy (non-hydrogen) atoms. The normalized spacial score (nSPS) is 15.7. The molecule has 2 heterocycles. The van der Waals surface area contributed by atoms with Crippen molar-refractivity contribution in [1.29, 1.82) is 0 Å². The van der Waals surface area contributed by atoms with Gasteiger partial charge in [-0.1, -0.05) is 6.07 Å². The predicted octanol–water partition coefficient (Wildman–Crippen LogP) is 1.06. The quantitative estimate of drug-likeness (QED) is 0.556. The maximum Gasteiger partial charge on any atom is 0.335 e. The molecule has 1 aliphatic heterocycles. The van der Waals surface area contributed by atoms with Crippen molar-refractivity contribution in [2.75, 3.05) is 13.2 Å². The average Bonchev–Trinajstić information content (AvgIpc) is 3.16. The third-order valence-electron chi connectivity index (χ3n) is 3.73. The van der Waals surface area contributed by atoms with Crippen LogP contribution in [0.3, 0.4) is 0 Å². The van der Waals surface area contributed by atoms with Crippen molar-refractivity contribution in [1.82, 2.24) is 14.8 Å². The predicted molar refractivity (Wildman–Crippen MR) is 88.0 cm³/mol. The molecule has 3 amide bonds. The second-order valence-electron chi connectivity index (χ2n) is 5.33. The van der Waals surface area contributed by atoms with Gasteiger partial charge in [-0.25, -0.2) is 9.59 Å². The molecule has 1 saturated heterocycles. The van der Waals surface area contributed by atoms with E-state index in [1.54, 1.807) is 35.0 Å². The number of carbonyl (C=O) groups excluding carboxylic acids is 2. The van der Waals surface area contributed by atoms with Crippen molar-refractivity contribution in [3.05, 3.63) is 59.5 Å². The first-order valence-electron chi connectivity index (χ1n) is 7.48. The second kappa shape index (κ2) is 6.62. The summed E-state index contributed by atoms with van der Waals surface area (Å²) < 4.78 is 1.70. The molecule has 0 radical (unpaired) electrons. The Bertz CT molecular complexity index is 884. The summed E-state index contributed by atoms with van der Waals surface area (Å²) >= 11 is 0. The summed E-state index contributed by atoms with van der Waals surface area (Å²) in [4.78, 5) is 36.0. The molecule has 1 aliphatic rings. The van der Waals surface area contributed by atoms with Crippen LogP contribution in [0.4, 0.5) is 4.79 Å². The van der Waals surface area contributed by atoms with Gasteiger partial charge in [0.25, 0.3) is 5.91 Å². The first kappa shape index (κ1) is 16.5. The lowest BCUT2D eigenvalue weighted by Gasteiger charge is -2.09. The van der Waals surface area contributed by atoms with Gasteiger partial charge in [0, 0.05) is 17.6 Å². The third kappa shape index (κ3) is 3.15. The molecule has 1 aromatic carbocycles. The van der Waals surface area contributed by atoms with E-state index in [-0.39, 0.29) is 24.4 Å². The van der Waals surface area contributed by atoms with E-state index < -0.39 is 17.9 Å². The van der Waals surface area contributed by atoms with E-state index in [9.17, 15) is 14.4 Å². The van der Waals surface area contributed by atoms with E-state index in [1.165, 1.54) is 18.2 Å². The number of nitrogens with one attached hydrogen (secondary N) is 1. The maximum atomic E-state index is 12.2. The topological polar surface area (TPSA) is 112 Å². The Hall–Kier alpha value is -3.39. The van der Waals surface area contributed by atoms with Gasteiger partial charge in [0.15, 0.2) is 0 Å². The SMILES string of the molecule is O=C(O)c1cccc(-n2cccc2/C=C2\NC(=O)N(CCO)C2=O)c1. The van der Waals surface area contributed by atoms with Gasteiger partial charge in [0.05, 0.1) is 18.7 Å². The monoisotopic (exact) mass is 341 g/mol. The fourth-order valence-corrected chi connectivity index (χ4v) is 2.56. The zero-order valence-corrected chi connectivity index (χ0v) is 13.0. The van der Waals surface area contributed by atoms with Crippen LogP contribution in [0.2, 0.25) is 0 Å². The molecule has 1 aromatic heterocycles. The Morgan fingerprint density at radius 3 is 2.72 bits per heavy atom. The molecule has 0 bridgehead atoms. The molecule has 8 heteroatoms. The number of carbonyl (C=O) groups is 3. The molecule has 0 unspecified atom stereocenters. The Kier molecular flexibility index (Phi) is 4.36. The van der Waals surface area contributed by atoms with Crippen molar-refractivity contribution >= 4 is 24.0 Å². The number of aromatic nitrogens is 1. The molecule has 1 fully saturated rings. The van der Waals surface area contributed by atoms with Crippen LogP contribution in [0.1, 0.15) is 16.1 Å². The molecule has 128 valence electrons. The van der Waals surface area contributed by atoms with E-state index in [1.807, 2.05) is 0 Å². The van der Waals surface area contributed by atoms with Gasteiger partial charge < -0.3 is 20.1 Å². The van der Waals surface area contributed by atoms with Gasteiger partial charge in [-0.2, -0.15) is 0 Å². The molecular formula is C17H15N3O5. The van der Waals surface area contributed by atoms with E-state index in [4.69, 9.17) is 10.2 Å². The number of β-amino-alcohol motifs (C(OH)–C–C–N with tert-alkyl or cyclic N) is 1. The number of amides is 3. The van der Waals surface area contributed by atoms with Crippen molar-refractivity contribution in [2.45, 2.75) is 0 Å². The highest BCUT2D eigenvalue weighted by molar-refractivity contribution is 6.13. The Labute approximate surface area is 142 Å². The standard InChI is InChI=1S/C17H15N3O5/c21-8-7-20-15(22)14(18-17(20)25)10-13-5-2-6-19(13)12-4-1-3-11(9-12)16(23)24/h1-6,9-10,21H,7-8H2,(H,18,25)(H,23,24)/b14-10-. The van der Waals surface area contributed by atoms with E-state index >= 15 is 0 Å². The minimum Gasteiger partial charge on any atom is -0.478 e. The van der Waals surface area contributed by atoms with Gasteiger partial charge >= 0.3 is 12.0 Å². The number of aromatic carboxylic acids is 1. The van der Waals surface area contributed by atoms with Gasteiger partial charge in [-0.15, -0.1) is 0 Å². The second-order valence-corrected chi connectivity index (χ2v) is 5.33. The maximum absolute atomic E-state index is 12.2. The average molecular weight is 341 g/mol. The van der Waals surface area contributed by atoms with Crippen LogP contribution in [-0.2, 0) is 4.79 Å². The number of hydrogen-bond acceptors (Lipinski definition) is 4. The van der Waals surface area contributed by atoms with E-state index in [2.05, 4.69) is 5.32 Å². The van der Waals surface area contributed by atoms with Gasteiger partial charge in [0.2, 0.25) is 0 Å². The minimum atomic E-state index is -1.04. The minimum absolute atomic E-state index is 0.0797. The number of nitrogens with zero attached hydrogens (tertiary/aromatic N) is 2. The lowest BCUT2D eigenvalue weighted by atomic mass is 10.2. The number of aliphatic hydroxyl groups excluding tert-OH is 1. The fraction of sp³-hybridized carbons (Fsp3) is 0.118. The van der Waals surface area contributed by atoms with Crippen LogP contribution >= 0.6 is 0 Å². The number of urea groups is 1. The molecule has 8 nitrogen and oxygen atoms in total. The van der Waals surface area contributed by atoms with Crippen molar-refractivity contribution in [2.24, 2.45) is 0 Å². The first-order valence-corrected chi connectivity index (χ1v) is 7.48. The fourth-order valence-electron chi connectivity index (χ4n) is 2.56. The molecule has 0 saturated carbocycles. The van der Waals surface area contributed by atoms with Crippen molar-refractivity contribution in [3.63, 3.8) is 0 Å². The number of aliphatic hydroxyl groups is 1. The number of rotatable bonds is 5. The first-order chi connectivity index (χ1) is 12.0. The summed E-state index contributed by atoms with van der Waals surface area (Å²) in [6.45, 7) is -0.394. The van der Waals surface area contributed by atoms with E-state index in [0.29, 0.717) is 11.4 Å². The number of benzene rings is 1. The highest BCUT2D eigenvalue weighted by Gasteiger charge is 2.33. The van der Waals surface area contributed by atoms with Crippen LogP contribution in [-0.4, -0.2) is 50.7 Å². The van der Waals surface area contributed by atoms with Crippen LogP contribution in [0.5, 0.6) is 0 Å². The van der Waals surface area contributed by atoms with Crippen LogP contribution in [0, 0.1) is 0 Å². The summed E-state index contributed by atoms with van der Waals surface area (Å²) in [5, 5.41) is 20.5. The van der Waals surface area contributed by atoms with Crippen LogP contribution in [0.25, 0.3) is 11.8 Å². The molecule has 0 aliphatic carbocycles. The molecule has 0 spiro atoms. The largest absolute Gasteiger partial charge is 0.478 e. The van der Waals surface area contributed by atoms with Gasteiger partial charge in [0.1, 0.15) is 5.70 Å². The smallest absolute Gasteiger partial charge is 0.335 e. The molecule has 2 aromatic rings. The molecule has 3 N–H and O–H groups in total. The van der Waals surface area contributed by atoms with Crippen molar-refractivity contribution < 1.29 is 24.6 Å². The number of carboxylic acid groups (broad SMARTS) is 1. The lowest BCUT2D eigenvalue weighted by molar-refractivity contribution is -0.123. The number of hydrogen-bond donors (Lipinski definition) is 3.